The van der Waals surface area contributed by atoms with Gasteiger partial charge in [0.25, 0.3) is 10.0 Å². The van der Waals surface area contributed by atoms with Crippen LogP contribution in [0.25, 0.3) is 10.9 Å². The van der Waals surface area contributed by atoms with Gasteiger partial charge in [0, 0.05) is 34.3 Å². The fourth-order valence-corrected chi connectivity index (χ4v) is 4.51. The molecule has 0 atom stereocenters. The summed E-state index contributed by atoms with van der Waals surface area (Å²) < 4.78 is 27.9. The summed E-state index contributed by atoms with van der Waals surface area (Å²) in [5, 5.41) is 8.47. The Hall–Kier alpha value is -3.58. The van der Waals surface area contributed by atoms with Gasteiger partial charge >= 0.3 is 0 Å². The smallest absolute Gasteiger partial charge is 0.261 e. The second-order valence-electron chi connectivity index (χ2n) is 7.19. The highest BCUT2D eigenvalue weighted by atomic mass is 32.2. The average molecular weight is 419 g/mol. The SMILES string of the molecule is Cc1c(Cc2ccc(C(=N)N)cc2)[nH]c2ccc(NS(=O)(=O)c3ccccc3)cc12. The summed E-state index contributed by atoms with van der Waals surface area (Å²) in [7, 11) is -3.64. The van der Waals surface area contributed by atoms with Crippen molar-refractivity contribution in [3.05, 3.63) is 95.2 Å². The molecule has 0 spiro atoms. The lowest BCUT2D eigenvalue weighted by Gasteiger charge is -2.08. The first kappa shape index (κ1) is 19.7. The lowest BCUT2D eigenvalue weighted by molar-refractivity contribution is 0.601. The van der Waals surface area contributed by atoms with E-state index in [1.54, 1.807) is 36.4 Å². The average Bonchev–Trinajstić information content (AvgIpc) is 3.04. The summed E-state index contributed by atoms with van der Waals surface area (Å²) in [5.41, 5.74) is 10.9. The van der Waals surface area contributed by atoms with E-state index in [9.17, 15) is 8.42 Å². The quantitative estimate of drug-likeness (QED) is 0.279. The maximum absolute atomic E-state index is 12.6. The van der Waals surface area contributed by atoms with Crippen molar-refractivity contribution in [3.8, 4) is 0 Å². The van der Waals surface area contributed by atoms with Gasteiger partial charge in [0.15, 0.2) is 0 Å². The summed E-state index contributed by atoms with van der Waals surface area (Å²) in [6, 6.07) is 21.4. The topological polar surface area (TPSA) is 112 Å². The van der Waals surface area contributed by atoms with Crippen molar-refractivity contribution in [2.24, 2.45) is 5.73 Å². The molecule has 5 N–H and O–H groups in total. The fourth-order valence-electron chi connectivity index (χ4n) is 3.44. The first-order valence-electron chi connectivity index (χ1n) is 9.46. The number of nitrogens with one attached hydrogen (secondary N) is 3. The predicted molar refractivity (Wildman–Crippen MR) is 121 cm³/mol. The van der Waals surface area contributed by atoms with Gasteiger partial charge in [-0.3, -0.25) is 10.1 Å². The van der Waals surface area contributed by atoms with E-state index >= 15 is 0 Å². The Balaban J connectivity index is 1.61. The molecule has 0 saturated carbocycles. The Bertz CT molecular complexity index is 1330. The fraction of sp³-hybridized carbons (Fsp3) is 0.0870. The van der Waals surface area contributed by atoms with E-state index in [-0.39, 0.29) is 10.7 Å². The summed E-state index contributed by atoms with van der Waals surface area (Å²) in [6.45, 7) is 2.02. The van der Waals surface area contributed by atoms with Gasteiger partial charge in [-0.15, -0.1) is 0 Å². The van der Waals surface area contributed by atoms with Crippen molar-refractivity contribution in [1.29, 1.82) is 5.41 Å². The minimum absolute atomic E-state index is 0.0498. The van der Waals surface area contributed by atoms with Crippen LogP contribution in [0.15, 0.2) is 77.7 Å². The number of anilines is 1. The van der Waals surface area contributed by atoms with Crippen molar-refractivity contribution >= 4 is 32.4 Å². The zero-order valence-electron chi connectivity index (χ0n) is 16.4. The number of hydrogen-bond acceptors (Lipinski definition) is 3. The first-order valence-corrected chi connectivity index (χ1v) is 10.9. The molecule has 7 heteroatoms. The molecule has 0 bridgehead atoms. The summed E-state index contributed by atoms with van der Waals surface area (Å²) in [4.78, 5) is 3.65. The van der Waals surface area contributed by atoms with Crippen LogP contribution in [-0.2, 0) is 16.4 Å². The second kappa shape index (κ2) is 7.68. The number of nitrogen functional groups attached to an aromatic ring is 1. The van der Waals surface area contributed by atoms with E-state index in [4.69, 9.17) is 11.1 Å². The molecule has 4 aromatic rings. The third kappa shape index (κ3) is 3.92. The number of nitrogens with two attached hydrogens (primary N) is 1. The second-order valence-corrected chi connectivity index (χ2v) is 8.88. The highest BCUT2D eigenvalue weighted by Crippen LogP contribution is 2.27. The van der Waals surface area contributed by atoms with Gasteiger partial charge in [-0.1, -0.05) is 42.5 Å². The molecular formula is C23H22N4O2S. The Morgan fingerprint density at radius 3 is 2.40 bits per heavy atom. The van der Waals surface area contributed by atoms with Crippen LogP contribution in [0.5, 0.6) is 0 Å². The molecule has 1 heterocycles. The Morgan fingerprint density at radius 1 is 1.03 bits per heavy atom. The first-order chi connectivity index (χ1) is 14.3. The standard InChI is InChI=1S/C23H22N4O2S/c1-15-20-14-18(27-30(28,29)19-5-3-2-4-6-19)11-12-21(20)26-22(15)13-16-7-9-17(10-8-16)23(24)25/h2-12,14,26-27H,13H2,1H3,(H3,24,25). The van der Waals surface area contributed by atoms with E-state index in [0.29, 0.717) is 17.7 Å². The molecule has 0 fully saturated rings. The number of aryl methyl sites for hydroxylation is 1. The van der Waals surface area contributed by atoms with Crippen LogP contribution >= 0.6 is 0 Å². The van der Waals surface area contributed by atoms with Crippen molar-refractivity contribution in [3.63, 3.8) is 0 Å². The van der Waals surface area contributed by atoms with E-state index in [0.717, 1.165) is 27.7 Å². The lowest BCUT2D eigenvalue weighted by atomic mass is 10.0. The molecule has 6 nitrogen and oxygen atoms in total. The van der Waals surface area contributed by atoms with Crippen LogP contribution in [-0.4, -0.2) is 19.2 Å². The Labute approximate surface area is 175 Å². The van der Waals surface area contributed by atoms with Crippen LogP contribution < -0.4 is 10.5 Å². The van der Waals surface area contributed by atoms with Gasteiger partial charge in [-0.2, -0.15) is 0 Å². The molecular weight excluding hydrogens is 396 g/mol. The molecule has 152 valence electrons. The molecule has 1 aromatic heterocycles. The molecule has 0 radical (unpaired) electrons. The molecule has 3 aromatic carbocycles. The normalized spacial score (nSPS) is 11.5. The molecule has 0 aliphatic heterocycles. The number of rotatable bonds is 6. The van der Waals surface area contributed by atoms with E-state index < -0.39 is 10.0 Å². The number of fused-ring (bicyclic) bond motifs is 1. The lowest BCUT2D eigenvalue weighted by Crippen LogP contribution is -2.12. The van der Waals surface area contributed by atoms with E-state index in [1.807, 2.05) is 43.3 Å². The van der Waals surface area contributed by atoms with Crippen LogP contribution in [0.4, 0.5) is 5.69 Å². The van der Waals surface area contributed by atoms with Gasteiger partial charge in [-0.05, 0) is 48.4 Å². The number of hydrogen-bond donors (Lipinski definition) is 4. The van der Waals surface area contributed by atoms with Gasteiger partial charge in [0.1, 0.15) is 5.84 Å². The molecule has 30 heavy (non-hydrogen) atoms. The Kier molecular flexibility index (Phi) is 5.05. The minimum Gasteiger partial charge on any atom is -0.384 e. The van der Waals surface area contributed by atoms with Crippen molar-refractivity contribution in [1.82, 2.24) is 4.98 Å². The number of amidine groups is 1. The third-order valence-electron chi connectivity index (χ3n) is 5.11. The highest BCUT2D eigenvalue weighted by molar-refractivity contribution is 7.92. The van der Waals surface area contributed by atoms with Gasteiger partial charge < -0.3 is 10.7 Å². The zero-order valence-corrected chi connectivity index (χ0v) is 17.3. The summed E-state index contributed by atoms with van der Waals surface area (Å²) in [6.07, 6.45) is 0.698. The van der Waals surface area contributed by atoms with Crippen LogP contribution in [0.2, 0.25) is 0 Å². The molecule has 0 saturated heterocycles. The van der Waals surface area contributed by atoms with Crippen LogP contribution in [0.1, 0.15) is 22.4 Å². The van der Waals surface area contributed by atoms with E-state index in [1.165, 1.54) is 0 Å². The number of H-pyrrole nitrogens is 1. The monoisotopic (exact) mass is 418 g/mol. The molecule has 4 rings (SSSR count). The Morgan fingerprint density at radius 2 is 1.73 bits per heavy atom. The predicted octanol–water partition coefficient (Wildman–Crippen LogP) is 4.15. The van der Waals surface area contributed by atoms with Crippen molar-refractivity contribution in [2.45, 2.75) is 18.2 Å². The highest BCUT2D eigenvalue weighted by Gasteiger charge is 2.15. The summed E-state index contributed by atoms with van der Waals surface area (Å²) in [5.74, 6) is 0.0498. The number of aromatic amines is 1. The largest absolute Gasteiger partial charge is 0.384 e. The maximum Gasteiger partial charge on any atom is 0.261 e. The van der Waals surface area contributed by atoms with Crippen molar-refractivity contribution < 1.29 is 8.42 Å². The summed E-state index contributed by atoms with van der Waals surface area (Å²) >= 11 is 0. The van der Waals surface area contributed by atoms with Gasteiger partial charge in [0.05, 0.1) is 4.90 Å². The number of sulfonamides is 1. The third-order valence-corrected chi connectivity index (χ3v) is 6.51. The van der Waals surface area contributed by atoms with E-state index in [2.05, 4.69) is 9.71 Å². The number of benzene rings is 3. The molecule has 0 aliphatic rings. The number of aromatic nitrogens is 1. The maximum atomic E-state index is 12.6. The van der Waals surface area contributed by atoms with Crippen molar-refractivity contribution in [2.75, 3.05) is 4.72 Å². The minimum atomic E-state index is -3.64. The molecule has 0 unspecified atom stereocenters. The van der Waals surface area contributed by atoms with Crippen LogP contribution in [0.3, 0.4) is 0 Å². The van der Waals surface area contributed by atoms with Gasteiger partial charge in [0.2, 0.25) is 0 Å². The molecule has 0 amide bonds. The zero-order chi connectivity index (χ0) is 21.3. The molecule has 0 aliphatic carbocycles. The van der Waals surface area contributed by atoms with Gasteiger partial charge in [-0.25, -0.2) is 8.42 Å². The van der Waals surface area contributed by atoms with Crippen LogP contribution in [0, 0.1) is 12.3 Å².